The number of carboxylic acid groups (broad SMARTS) is 1. The van der Waals surface area contributed by atoms with Gasteiger partial charge in [-0.15, -0.1) is 0 Å². The van der Waals surface area contributed by atoms with E-state index in [1.807, 2.05) is 29.2 Å². The Labute approximate surface area is 255 Å². The van der Waals surface area contributed by atoms with Crippen molar-refractivity contribution in [3.63, 3.8) is 0 Å². The van der Waals surface area contributed by atoms with E-state index in [1.165, 1.54) is 0 Å². The van der Waals surface area contributed by atoms with Gasteiger partial charge in [0.25, 0.3) is 11.8 Å². The van der Waals surface area contributed by atoms with Crippen molar-refractivity contribution in [2.45, 2.75) is 98.2 Å². The number of benzene rings is 2. The molecule has 1 aliphatic heterocycles. The Morgan fingerprint density at radius 3 is 2.38 bits per heavy atom. The Kier molecular flexibility index (Phi) is 11.4. The number of aliphatic carboxylic acids is 1. The first-order valence-corrected chi connectivity index (χ1v) is 15.4. The SMILES string of the molecule is CCCCC[C@H](c1ccc(C(=O)NCCC(=O)O)cc1)N1C(=O)C(c2cccc(Cl)c2)=NC1(C)CCC(C)C(C)(C)C. The van der Waals surface area contributed by atoms with Gasteiger partial charge in [-0.1, -0.05) is 89.7 Å². The van der Waals surface area contributed by atoms with Crippen LogP contribution in [-0.2, 0) is 9.59 Å². The summed E-state index contributed by atoms with van der Waals surface area (Å²) in [6.45, 7) is 13.3. The molecule has 0 aliphatic carbocycles. The molecule has 1 aliphatic rings. The second-order valence-electron chi connectivity index (χ2n) is 12.7. The molecule has 3 atom stereocenters. The molecule has 0 bridgehead atoms. The number of carbonyl (C=O) groups excluding carboxylic acids is 2. The summed E-state index contributed by atoms with van der Waals surface area (Å²) in [7, 11) is 0. The predicted molar refractivity (Wildman–Crippen MR) is 169 cm³/mol. The largest absolute Gasteiger partial charge is 0.481 e. The summed E-state index contributed by atoms with van der Waals surface area (Å²) in [6, 6.07) is 14.4. The number of carboxylic acids is 1. The van der Waals surface area contributed by atoms with E-state index < -0.39 is 11.6 Å². The van der Waals surface area contributed by atoms with Crippen LogP contribution in [0, 0.1) is 11.3 Å². The average molecular weight is 596 g/mol. The van der Waals surface area contributed by atoms with E-state index in [9.17, 15) is 14.4 Å². The van der Waals surface area contributed by atoms with E-state index in [0.29, 0.717) is 27.8 Å². The zero-order valence-electron chi connectivity index (χ0n) is 25.9. The highest BCUT2D eigenvalue weighted by Gasteiger charge is 2.47. The van der Waals surface area contributed by atoms with Gasteiger partial charge in [0.15, 0.2) is 0 Å². The first-order valence-electron chi connectivity index (χ1n) is 15.1. The van der Waals surface area contributed by atoms with Gasteiger partial charge in [-0.05, 0) is 67.3 Å². The Morgan fingerprint density at radius 1 is 1.10 bits per heavy atom. The van der Waals surface area contributed by atoms with Gasteiger partial charge in [0.2, 0.25) is 0 Å². The van der Waals surface area contributed by atoms with Crippen LogP contribution in [0.2, 0.25) is 5.02 Å². The van der Waals surface area contributed by atoms with Gasteiger partial charge < -0.3 is 15.3 Å². The first-order chi connectivity index (χ1) is 19.8. The zero-order chi connectivity index (χ0) is 31.1. The van der Waals surface area contributed by atoms with E-state index in [-0.39, 0.29) is 36.2 Å². The van der Waals surface area contributed by atoms with Crippen molar-refractivity contribution in [2.75, 3.05) is 6.54 Å². The summed E-state index contributed by atoms with van der Waals surface area (Å²) in [6.07, 6.45) is 5.31. The Morgan fingerprint density at radius 2 is 1.79 bits per heavy atom. The molecule has 7 nitrogen and oxygen atoms in total. The number of carbonyl (C=O) groups is 3. The molecule has 2 aromatic rings. The van der Waals surface area contributed by atoms with Crippen molar-refractivity contribution in [3.8, 4) is 0 Å². The average Bonchev–Trinajstić information content (AvgIpc) is 3.19. The smallest absolute Gasteiger partial charge is 0.305 e. The minimum Gasteiger partial charge on any atom is -0.481 e. The van der Waals surface area contributed by atoms with Gasteiger partial charge in [-0.3, -0.25) is 19.4 Å². The second kappa shape index (κ2) is 14.3. The number of halogens is 1. The number of unbranched alkanes of at least 4 members (excludes halogenated alkanes) is 2. The number of nitrogens with one attached hydrogen (secondary N) is 1. The molecule has 2 unspecified atom stereocenters. The molecule has 0 aromatic heterocycles. The molecule has 1 heterocycles. The third-order valence-corrected chi connectivity index (χ3v) is 8.73. The maximum absolute atomic E-state index is 14.3. The van der Waals surface area contributed by atoms with Crippen LogP contribution >= 0.6 is 11.6 Å². The molecule has 2 N–H and O–H groups in total. The van der Waals surface area contributed by atoms with Crippen molar-refractivity contribution in [1.82, 2.24) is 10.2 Å². The molecule has 42 heavy (non-hydrogen) atoms. The lowest BCUT2D eigenvalue weighted by atomic mass is 9.78. The molecule has 8 heteroatoms. The van der Waals surface area contributed by atoms with E-state index in [1.54, 1.807) is 24.3 Å². The number of hydrogen-bond donors (Lipinski definition) is 2. The van der Waals surface area contributed by atoms with Gasteiger partial charge in [0, 0.05) is 22.7 Å². The first kappa shape index (κ1) is 33.3. The molecular formula is C34H46ClN3O4. The minimum atomic E-state index is -0.963. The van der Waals surface area contributed by atoms with E-state index in [4.69, 9.17) is 21.7 Å². The third-order valence-electron chi connectivity index (χ3n) is 8.50. The zero-order valence-corrected chi connectivity index (χ0v) is 26.6. The van der Waals surface area contributed by atoms with Gasteiger partial charge in [0.1, 0.15) is 11.4 Å². The van der Waals surface area contributed by atoms with Crippen LogP contribution < -0.4 is 5.32 Å². The van der Waals surface area contributed by atoms with Crippen LogP contribution in [-0.4, -0.2) is 45.7 Å². The van der Waals surface area contributed by atoms with Crippen molar-refractivity contribution in [3.05, 3.63) is 70.2 Å². The van der Waals surface area contributed by atoms with Crippen LogP contribution in [0.1, 0.15) is 114 Å². The third kappa shape index (κ3) is 8.43. The van der Waals surface area contributed by atoms with Crippen molar-refractivity contribution in [2.24, 2.45) is 16.3 Å². The highest BCUT2D eigenvalue weighted by atomic mass is 35.5. The second-order valence-corrected chi connectivity index (χ2v) is 13.1. The Bertz CT molecular complexity index is 1280. The van der Waals surface area contributed by atoms with Gasteiger partial charge >= 0.3 is 5.97 Å². The fourth-order valence-electron chi connectivity index (χ4n) is 5.35. The summed E-state index contributed by atoms with van der Waals surface area (Å²) in [5.74, 6) is -0.973. The fourth-order valence-corrected chi connectivity index (χ4v) is 5.54. The van der Waals surface area contributed by atoms with Crippen LogP contribution in [0.3, 0.4) is 0 Å². The van der Waals surface area contributed by atoms with Crippen molar-refractivity contribution >= 4 is 35.1 Å². The summed E-state index contributed by atoms with van der Waals surface area (Å²) >= 11 is 6.32. The predicted octanol–water partition coefficient (Wildman–Crippen LogP) is 7.68. The van der Waals surface area contributed by atoms with Gasteiger partial charge in [0.05, 0.1) is 12.5 Å². The molecule has 0 fully saturated rings. The van der Waals surface area contributed by atoms with Crippen molar-refractivity contribution in [1.29, 1.82) is 0 Å². The normalized spacial score (nSPS) is 18.5. The molecule has 0 saturated heterocycles. The molecule has 228 valence electrons. The van der Waals surface area contributed by atoms with Gasteiger partial charge in [-0.25, -0.2) is 0 Å². The monoisotopic (exact) mass is 595 g/mol. The summed E-state index contributed by atoms with van der Waals surface area (Å²) in [5, 5.41) is 12.1. The highest BCUT2D eigenvalue weighted by Crippen LogP contribution is 2.42. The van der Waals surface area contributed by atoms with E-state index >= 15 is 0 Å². The number of hydrogen-bond acceptors (Lipinski definition) is 4. The lowest BCUT2D eigenvalue weighted by Crippen LogP contribution is -2.47. The summed E-state index contributed by atoms with van der Waals surface area (Å²) < 4.78 is 0. The maximum Gasteiger partial charge on any atom is 0.305 e. The topological polar surface area (TPSA) is 99.1 Å². The Hall–Kier alpha value is -3.19. The van der Waals surface area contributed by atoms with Gasteiger partial charge in [-0.2, -0.15) is 0 Å². The quantitative estimate of drug-likeness (QED) is 0.219. The van der Waals surface area contributed by atoms with Crippen LogP contribution in [0.15, 0.2) is 53.5 Å². The summed E-state index contributed by atoms with van der Waals surface area (Å²) in [5.41, 5.74) is 1.91. The fraction of sp³-hybridized carbons (Fsp3) is 0.529. The molecule has 2 amide bonds. The molecule has 0 spiro atoms. The van der Waals surface area contributed by atoms with E-state index in [2.05, 4.69) is 46.9 Å². The summed E-state index contributed by atoms with van der Waals surface area (Å²) in [4.78, 5) is 44.8. The van der Waals surface area contributed by atoms with E-state index in [0.717, 1.165) is 44.1 Å². The highest BCUT2D eigenvalue weighted by molar-refractivity contribution is 6.47. The standard InChI is InChI=1S/C34H46ClN3O4/c1-7-8-9-13-28(24-14-16-25(17-15-24)31(41)36-21-19-29(39)40)38-32(42)30(26-11-10-12-27(35)22-26)37-34(38,6)20-18-23(2)33(3,4)5/h10-12,14-17,22-23,28H,7-9,13,18-21H2,1-6H3,(H,36,41)(H,39,40)/t23?,28-,34?/m1/s1. The van der Waals surface area contributed by atoms with Crippen LogP contribution in [0.4, 0.5) is 0 Å². The maximum atomic E-state index is 14.3. The molecule has 2 aromatic carbocycles. The lowest BCUT2D eigenvalue weighted by molar-refractivity contribution is -0.137. The molecule has 0 saturated carbocycles. The lowest BCUT2D eigenvalue weighted by Gasteiger charge is -2.41. The van der Waals surface area contributed by atoms with Crippen molar-refractivity contribution < 1.29 is 19.5 Å². The molecular weight excluding hydrogens is 550 g/mol. The van der Waals surface area contributed by atoms with Crippen LogP contribution in [0.25, 0.3) is 0 Å². The minimum absolute atomic E-state index is 0.0623. The van der Waals surface area contributed by atoms with Crippen LogP contribution in [0.5, 0.6) is 0 Å². The Balaban J connectivity index is 2.00. The number of rotatable bonds is 14. The molecule has 3 rings (SSSR count). The number of nitrogens with zero attached hydrogens (tertiary/aromatic N) is 2. The number of amides is 2. The number of aliphatic imine (C=N–C) groups is 1. The molecule has 0 radical (unpaired) electrons.